The largest absolute Gasteiger partial charge is 0.485 e. The summed E-state index contributed by atoms with van der Waals surface area (Å²) in [7, 11) is 0. The molecule has 1 N–H and O–H groups in total. The van der Waals surface area contributed by atoms with Crippen molar-refractivity contribution >= 4 is 22.4 Å². The molecule has 0 fully saturated rings. The molecule has 1 aromatic carbocycles. The Hall–Kier alpha value is -2.74. The quantitative estimate of drug-likeness (QED) is 0.739. The molecule has 0 bridgehead atoms. The van der Waals surface area contributed by atoms with Gasteiger partial charge < -0.3 is 9.26 Å². The van der Waals surface area contributed by atoms with Crippen molar-refractivity contribution in [2.75, 3.05) is 5.32 Å². The number of aryl methyl sites for hydroxylation is 3. The normalized spacial score (nSPS) is 13.3. The minimum Gasteiger partial charge on any atom is -0.485 e. The molecule has 4 rings (SSSR count). The lowest BCUT2D eigenvalue weighted by Crippen LogP contribution is -2.11. The van der Waals surface area contributed by atoms with Gasteiger partial charge in [0.15, 0.2) is 11.7 Å². The van der Waals surface area contributed by atoms with Gasteiger partial charge in [0.25, 0.3) is 5.91 Å². The van der Waals surface area contributed by atoms with E-state index in [9.17, 15) is 4.79 Å². The van der Waals surface area contributed by atoms with Crippen LogP contribution >= 0.6 is 11.3 Å². The molecular formula is C18H18N4O3S. The molecule has 0 saturated heterocycles. The molecule has 3 aromatic rings. The van der Waals surface area contributed by atoms with Crippen LogP contribution in [-0.2, 0) is 19.4 Å². The SMILES string of the molecule is Cc1nc(COc2ccc(C(=O)Nc3nc4c(s3)CCCC4)cc2)no1. The summed E-state index contributed by atoms with van der Waals surface area (Å²) in [6, 6.07) is 6.93. The van der Waals surface area contributed by atoms with Crippen molar-refractivity contribution in [3.05, 3.63) is 52.1 Å². The minimum atomic E-state index is -0.170. The molecule has 0 atom stereocenters. The molecule has 1 aliphatic carbocycles. The number of carbonyl (C=O) groups excluding carboxylic acids is 1. The first-order valence-corrected chi connectivity index (χ1v) is 9.31. The van der Waals surface area contributed by atoms with Gasteiger partial charge in [0.2, 0.25) is 11.7 Å². The zero-order valence-electron chi connectivity index (χ0n) is 14.3. The summed E-state index contributed by atoms with van der Waals surface area (Å²) in [6.45, 7) is 1.94. The van der Waals surface area contributed by atoms with E-state index >= 15 is 0 Å². The third-order valence-corrected chi connectivity index (χ3v) is 5.19. The Morgan fingerprint density at radius 3 is 2.77 bits per heavy atom. The van der Waals surface area contributed by atoms with E-state index in [4.69, 9.17) is 9.26 Å². The number of hydrogen-bond acceptors (Lipinski definition) is 7. The molecular weight excluding hydrogens is 352 g/mol. The Labute approximate surface area is 154 Å². The molecule has 1 aliphatic rings. The number of fused-ring (bicyclic) bond motifs is 1. The summed E-state index contributed by atoms with van der Waals surface area (Å²) in [5, 5.41) is 7.34. The highest BCUT2D eigenvalue weighted by atomic mass is 32.1. The van der Waals surface area contributed by atoms with Gasteiger partial charge in [-0.1, -0.05) is 5.16 Å². The lowest BCUT2D eigenvalue weighted by Gasteiger charge is -2.06. The molecule has 0 spiro atoms. The number of carbonyl (C=O) groups is 1. The standard InChI is InChI=1S/C18H18N4O3S/c1-11-19-16(22-25-11)10-24-13-8-6-12(7-9-13)17(23)21-18-20-14-4-2-3-5-15(14)26-18/h6-9H,2-5,10H2,1H3,(H,20,21,23). The number of nitrogens with zero attached hydrogens (tertiary/aromatic N) is 3. The maximum absolute atomic E-state index is 12.4. The second kappa shape index (κ2) is 7.25. The number of benzene rings is 1. The van der Waals surface area contributed by atoms with Crippen molar-refractivity contribution in [2.24, 2.45) is 0 Å². The van der Waals surface area contributed by atoms with Crippen LogP contribution in [0.2, 0.25) is 0 Å². The number of aromatic nitrogens is 3. The molecule has 0 radical (unpaired) electrons. The average Bonchev–Trinajstić information content (AvgIpc) is 3.25. The van der Waals surface area contributed by atoms with E-state index < -0.39 is 0 Å². The number of nitrogens with one attached hydrogen (secondary N) is 1. The van der Waals surface area contributed by atoms with E-state index in [1.54, 1.807) is 42.5 Å². The van der Waals surface area contributed by atoms with Gasteiger partial charge in [-0.2, -0.15) is 4.98 Å². The van der Waals surface area contributed by atoms with Crippen molar-refractivity contribution in [3.8, 4) is 5.75 Å². The lowest BCUT2D eigenvalue weighted by atomic mass is 10.0. The predicted molar refractivity (Wildman–Crippen MR) is 96.5 cm³/mol. The van der Waals surface area contributed by atoms with Gasteiger partial charge >= 0.3 is 0 Å². The van der Waals surface area contributed by atoms with E-state index in [0.717, 1.165) is 18.5 Å². The van der Waals surface area contributed by atoms with Crippen molar-refractivity contribution < 1.29 is 14.1 Å². The van der Waals surface area contributed by atoms with Gasteiger partial charge in [0.1, 0.15) is 5.75 Å². The zero-order valence-corrected chi connectivity index (χ0v) is 15.1. The molecule has 7 nitrogen and oxygen atoms in total. The first-order valence-electron chi connectivity index (χ1n) is 8.49. The van der Waals surface area contributed by atoms with E-state index in [-0.39, 0.29) is 12.5 Å². The van der Waals surface area contributed by atoms with E-state index in [1.807, 2.05) is 0 Å². The predicted octanol–water partition coefficient (Wildman–Crippen LogP) is 3.54. The summed E-state index contributed by atoms with van der Waals surface area (Å²) in [6.07, 6.45) is 4.45. The lowest BCUT2D eigenvalue weighted by molar-refractivity contribution is 0.102. The molecule has 8 heteroatoms. The maximum Gasteiger partial charge on any atom is 0.257 e. The Bertz CT molecular complexity index is 893. The van der Waals surface area contributed by atoms with Crippen LogP contribution in [0.3, 0.4) is 0 Å². The fraction of sp³-hybridized carbons (Fsp3) is 0.333. The number of amides is 1. The van der Waals surface area contributed by atoms with Gasteiger partial charge in [-0.25, -0.2) is 4.98 Å². The first-order chi connectivity index (χ1) is 12.7. The second-order valence-corrected chi connectivity index (χ2v) is 7.18. The molecule has 1 amide bonds. The zero-order chi connectivity index (χ0) is 17.9. The monoisotopic (exact) mass is 370 g/mol. The van der Waals surface area contributed by atoms with Crippen LogP contribution in [0.15, 0.2) is 28.8 Å². The van der Waals surface area contributed by atoms with Crippen LogP contribution in [0.4, 0.5) is 5.13 Å². The topological polar surface area (TPSA) is 90.1 Å². The van der Waals surface area contributed by atoms with Crippen molar-refractivity contribution in [3.63, 3.8) is 0 Å². The molecule has 26 heavy (non-hydrogen) atoms. The second-order valence-electron chi connectivity index (χ2n) is 6.09. The Balaban J connectivity index is 1.36. The molecule has 0 saturated carbocycles. The van der Waals surface area contributed by atoms with E-state index in [1.165, 1.54) is 17.7 Å². The van der Waals surface area contributed by atoms with Crippen LogP contribution in [0, 0.1) is 6.92 Å². The third kappa shape index (κ3) is 3.75. The van der Waals surface area contributed by atoms with Gasteiger partial charge in [-0.3, -0.25) is 10.1 Å². The van der Waals surface area contributed by atoms with Crippen LogP contribution in [0.1, 0.15) is 45.5 Å². The molecule has 134 valence electrons. The summed E-state index contributed by atoms with van der Waals surface area (Å²) in [4.78, 5) is 22.3. The molecule has 0 unspecified atom stereocenters. The Kier molecular flexibility index (Phi) is 4.66. The number of ether oxygens (including phenoxy) is 1. The van der Waals surface area contributed by atoms with Crippen molar-refractivity contribution in [1.29, 1.82) is 0 Å². The summed E-state index contributed by atoms with van der Waals surface area (Å²) in [5.41, 5.74) is 1.69. The summed E-state index contributed by atoms with van der Waals surface area (Å²) in [5.74, 6) is 1.45. The Morgan fingerprint density at radius 1 is 1.23 bits per heavy atom. The molecule has 2 heterocycles. The number of thiazole rings is 1. The van der Waals surface area contributed by atoms with Gasteiger partial charge in [0, 0.05) is 17.4 Å². The van der Waals surface area contributed by atoms with Crippen molar-refractivity contribution in [1.82, 2.24) is 15.1 Å². The number of hydrogen-bond donors (Lipinski definition) is 1. The minimum absolute atomic E-state index is 0.170. The highest BCUT2D eigenvalue weighted by Crippen LogP contribution is 2.29. The van der Waals surface area contributed by atoms with Crippen molar-refractivity contribution in [2.45, 2.75) is 39.2 Å². The summed E-state index contributed by atoms with van der Waals surface area (Å²) < 4.78 is 10.5. The number of anilines is 1. The number of rotatable bonds is 5. The van der Waals surface area contributed by atoms with Crippen LogP contribution < -0.4 is 10.1 Å². The smallest absolute Gasteiger partial charge is 0.257 e. The van der Waals surface area contributed by atoms with Gasteiger partial charge in [0.05, 0.1) is 5.69 Å². The van der Waals surface area contributed by atoms with E-state index in [2.05, 4.69) is 20.4 Å². The van der Waals surface area contributed by atoms with E-state index in [0.29, 0.717) is 28.2 Å². The maximum atomic E-state index is 12.4. The Morgan fingerprint density at radius 2 is 2.04 bits per heavy atom. The fourth-order valence-corrected chi connectivity index (χ4v) is 3.87. The van der Waals surface area contributed by atoms with Crippen LogP contribution in [-0.4, -0.2) is 21.0 Å². The average molecular weight is 370 g/mol. The van der Waals surface area contributed by atoms with Crippen LogP contribution in [0.25, 0.3) is 0 Å². The third-order valence-electron chi connectivity index (χ3n) is 4.12. The van der Waals surface area contributed by atoms with Gasteiger partial charge in [-0.15, -0.1) is 11.3 Å². The highest BCUT2D eigenvalue weighted by molar-refractivity contribution is 7.15. The molecule has 2 aromatic heterocycles. The van der Waals surface area contributed by atoms with Crippen LogP contribution in [0.5, 0.6) is 5.75 Å². The molecule has 0 aliphatic heterocycles. The fourth-order valence-electron chi connectivity index (χ4n) is 2.83. The van der Waals surface area contributed by atoms with Gasteiger partial charge in [-0.05, 0) is 49.9 Å². The first kappa shape index (κ1) is 16.7. The highest BCUT2D eigenvalue weighted by Gasteiger charge is 2.17. The summed E-state index contributed by atoms with van der Waals surface area (Å²) >= 11 is 1.58.